The van der Waals surface area contributed by atoms with Crippen LogP contribution in [0.15, 0.2) is 88.7 Å². The molecule has 42 heavy (non-hydrogen) atoms. The van der Waals surface area contributed by atoms with Crippen molar-refractivity contribution < 1.29 is 9.53 Å². The van der Waals surface area contributed by atoms with E-state index in [4.69, 9.17) is 16.3 Å². The number of methoxy groups -OCH3 is 1. The molecule has 0 bridgehead atoms. The lowest BCUT2D eigenvalue weighted by atomic mass is 10.2. The van der Waals surface area contributed by atoms with Crippen molar-refractivity contribution in [3.05, 3.63) is 111 Å². The minimum Gasteiger partial charge on any atom is -0.383 e. The number of H-pyrrole nitrogens is 1. The van der Waals surface area contributed by atoms with Gasteiger partial charge in [-0.1, -0.05) is 54.1 Å². The molecule has 3 aromatic carbocycles. The first kappa shape index (κ1) is 27.2. The van der Waals surface area contributed by atoms with E-state index in [1.807, 2.05) is 42.5 Å². The lowest BCUT2D eigenvalue weighted by molar-refractivity contribution is -0.116. The molecule has 0 fully saturated rings. The van der Waals surface area contributed by atoms with Gasteiger partial charge in [0, 0.05) is 29.9 Å². The summed E-state index contributed by atoms with van der Waals surface area (Å²) < 4.78 is 9.17. The number of nitrogens with one attached hydrogen (secondary N) is 2. The van der Waals surface area contributed by atoms with Crippen LogP contribution in [0.3, 0.4) is 0 Å². The molecule has 0 aliphatic rings. The van der Waals surface area contributed by atoms with Crippen molar-refractivity contribution in [2.45, 2.75) is 19.6 Å². The summed E-state index contributed by atoms with van der Waals surface area (Å²) in [4.78, 5) is 52.6. The number of hydrogen-bond acceptors (Lipinski definition) is 6. The Morgan fingerprint density at radius 1 is 1.02 bits per heavy atom. The van der Waals surface area contributed by atoms with Gasteiger partial charge in [-0.2, -0.15) is 0 Å². The molecule has 0 saturated heterocycles. The van der Waals surface area contributed by atoms with E-state index in [9.17, 15) is 14.4 Å². The highest BCUT2D eigenvalue weighted by molar-refractivity contribution is 6.31. The van der Waals surface area contributed by atoms with E-state index < -0.39 is 23.7 Å². The van der Waals surface area contributed by atoms with Crippen molar-refractivity contribution in [3.8, 4) is 11.4 Å². The smallest absolute Gasteiger partial charge is 0.333 e. The molecule has 0 atom stereocenters. The van der Waals surface area contributed by atoms with Gasteiger partial charge in [-0.25, -0.2) is 19.3 Å². The molecule has 0 spiro atoms. The molecular weight excluding hydrogens is 558 g/mol. The molecule has 6 rings (SSSR count). The van der Waals surface area contributed by atoms with Crippen molar-refractivity contribution >= 4 is 45.4 Å². The number of benzene rings is 3. The molecule has 12 heteroatoms. The molecule has 0 aliphatic heterocycles. The highest BCUT2D eigenvalue weighted by atomic mass is 35.5. The Balaban J connectivity index is 1.32. The molecule has 6 aromatic rings. The highest BCUT2D eigenvalue weighted by Gasteiger charge is 2.20. The van der Waals surface area contributed by atoms with Crippen molar-refractivity contribution in [1.29, 1.82) is 0 Å². The number of nitrogens with zero attached hydrogens (tertiary/aromatic N) is 5. The fourth-order valence-electron chi connectivity index (χ4n) is 4.85. The number of fused-ring (bicyclic) bond motifs is 2. The van der Waals surface area contributed by atoms with Crippen molar-refractivity contribution in [2.24, 2.45) is 0 Å². The number of halogens is 1. The number of rotatable bonds is 9. The summed E-state index contributed by atoms with van der Waals surface area (Å²) in [7, 11) is 1.56. The SMILES string of the molecule is COCCn1cnc2c1c(=O)n(CC(=O)Nc1cccc(-c3nc4ccc(Cl)cc4[nH]3)c1)c(=O)n2Cc1ccccc1. The molecule has 0 unspecified atom stereocenters. The van der Waals surface area contributed by atoms with E-state index in [0.717, 1.165) is 26.7 Å². The molecule has 0 saturated carbocycles. The number of imidazole rings is 2. The largest absolute Gasteiger partial charge is 0.383 e. The summed E-state index contributed by atoms with van der Waals surface area (Å²) in [5.74, 6) is 0.0782. The van der Waals surface area contributed by atoms with Gasteiger partial charge in [0.2, 0.25) is 5.91 Å². The fourth-order valence-corrected chi connectivity index (χ4v) is 5.02. The van der Waals surface area contributed by atoms with Gasteiger partial charge in [-0.3, -0.25) is 14.2 Å². The van der Waals surface area contributed by atoms with Crippen LogP contribution in [0.2, 0.25) is 5.02 Å². The van der Waals surface area contributed by atoms with Crippen molar-refractivity contribution in [1.82, 2.24) is 28.7 Å². The second kappa shape index (κ2) is 11.5. The number of amides is 1. The van der Waals surface area contributed by atoms with E-state index in [-0.39, 0.29) is 17.7 Å². The summed E-state index contributed by atoms with van der Waals surface area (Å²) in [5.41, 5.74) is 2.88. The van der Waals surface area contributed by atoms with Crippen LogP contribution < -0.4 is 16.6 Å². The van der Waals surface area contributed by atoms with Crippen molar-refractivity contribution in [2.75, 3.05) is 19.0 Å². The fraction of sp³-hybridized carbons (Fsp3) is 0.167. The first-order valence-electron chi connectivity index (χ1n) is 13.2. The van der Waals surface area contributed by atoms with Crippen LogP contribution in [0.1, 0.15) is 5.56 Å². The van der Waals surface area contributed by atoms with E-state index in [0.29, 0.717) is 29.7 Å². The van der Waals surface area contributed by atoms with Crippen LogP contribution in [0.5, 0.6) is 0 Å². The van der Waals surface area contributed by atoms with Gasteiger partial charge in [-0.05, 0) is 35.9 Å². The van der Waals surface area contributed by atoms with Gasteiger partial charge in [0.15, 0.2) is 11.2 Å². The third kappa shape index (κ3) is 5.35. The second-order valence-corrected chi connectivity index (χ2v) is 10.2. The number of aromatic nitrogens is 6. The van der Waals surface area contributed by atoms with Crippen LogP contribution in [0.4, 0.5) is 5.69 Å². The van der Waals surface area contributed by atoms with Crippen molar-refractivity contribution in [3.63, 3.8) is 0 Å². The molecule has 3 heterocycles. The normalized spacial score (nSPS) is 11.4. The molecule has 2 N–H and O–H groups in total. The average molecular weight is 584 g/mol. The summed E-state index contributed by atoms with van der Waals surface area (Å²) in [6.07, 6.45) is 1.51. The van der Waals surface area contributed by atoms with Gasteiger partial charge in [-0.15, -0.1) is 0 Å². The Labute approximate surface area is 244 Å². The number of carbonyl (C=O) groups is 1. The van der Waals surface area contributed by atoms with Gasteiger partial charge < -0.3 is 19.6 Å². The zero-order valence-corrected chi connectivity index (χ0v) is 23.3. The molecular formula is C30H26ClN7O4. The predicted molar refractivity (Wildman–Crippen MR) is 161 cm³/mol. The lowest BCUT2D eigenvalue weighted by Gasteiger charge is -2.13. The van der Waals surface area contributed by atoms with Gasteiger partial charge in [0.05, 0.1) is 30.5 Å². The van der Waals surface area contributed by atoms with Crippen LogP contribution in [-0.4, -0.2) is 48.3 Å². The van der Waals surface area contributed by atoms with Crippen LogP contribution in [-0.2, 0) is 29.2 Å². The summed E-state index contributed by atoms with van der Waals surface area (Å²) in [6, 6.07) is 21.9. The minimum absolute atomic E-state index is 0.185. The van der Waals surface area contributed by atoms with Gasteiger partial charge in [0.1, 0.15) is 12.4 Å². The third-order valence-corrected chi connectivity index (χ3v) is 7.10. The zero-order chi connectivity index (χ0) is 29.2. The number of anilines is 1. The Morgan fingerprint density at radius 3 is 2.67 bits per heavy atom. The number of aromatic amines is 1. The third-order valence-electron chi connectivity index (χ3n) is 6.87. The predicted octanol–water partition coefficient (Wildman–Crippen LogP) is 3.89. The minimum atomic E-state index is -0.627. The number of hydrogen-bond donors (Lipinski definition) is 2. The standard InChI is InChI=1S/C30H26ClN7O4/c1-42-13-12-36-18-32-28-26(36)29(40)38(30(41)37(28)16-19-6-3-2-4-7-19)17-25(39)33-22-9-5-8-20(14-22)27-34-23-11-10-21(31)15-24(23)35-27/h2-11,14-15,18H,12-13,16-17H2,1H3,(H,33,39)(H,34,35). The molecule has 3 aromatic heterocycles. The second-order valence-electron chi connectivity index (χ2n) is 9.72. The maximum Gasteiger partial charge on any atom is 0.333 e. The molecule has 0 radical (unpaired) electrons. The molecule has 11 nitrogen and oxygen atoms in total. The van der Waals surface area contributed by atoms with Gasteiger partial charge >= 0.3 is 5.69 Å². The maximum absolute atomic E-state index is 13.6. The van der Waals surface area contributed by atoms with E-state index in [1.54, 1.807) is 42.0 Å². The average Bonchev–Trinajstić information content (AvgIpc) is 3.61. The quantitative estimate of drug-likeness (QED) is 0.266. The first-order valence-corrected chi connectivity index (χ1v) is 13.6. The molecule has 212 valence electrons. The topological polar surface area (TPSA) is 129 Å². The summed E-state index contributed by atoms with van der Waals surface area (Å²) in [5, 5.41) is 3.40. The van der Waals surface area contributed by atoms with Crippen LogP contribution in [0.25, 0.3) is 33.6 Å². The molecule has 1 amide bonds. The molecule has 0 aliphatic carbocycles. The van der Waals surface area contributed by atoms with Crippen LogP contribution in [0, 0.1) is 0 Å². The zero-order valence-electron chi connectivity index (χ0n) is 22.6. The Kier molecular flexibility index (Phi) is 7.43. The maximum atomic E-state index is 13.6. The van der Waals surface area contributed by atoms with E-state index in [2.05, 4.69) is 20.3 Å². The first-order chi connectivity index (χ1) is 20.4. The number of ether oxygens (including phenoxy) is 1. The Bertz CT molecular complexity index is 2040. The Morgan fingerprint density at radius 2 is 1.86 bits per heavy atom. The summed E-state index contributed by atoms with van der Waals surface area (Å²) in [6.45, 7) is 0.409. The van der Waals surface area contributed by atoms with Gasteiger partial charge in [0.25, 0.3) is 5.56 Å². The summed E-state index contributed by atoms with van der Waals surface area (Å²) >= 11 is 6.10. The Hall–Kier alpha value is -5.00. The van der Waals surface area contributed by atoms with E-state index in [1.165, 1.54) is 10.9 Å². The lowest BCUT2D eigenvalue weighted by Crippen LogP contribution is -2.43. The monoisotopic (exact) mass is 583 g/mol. The van der Waals surface area contributed by atoms with Crippen LogP contribution >= 0.6 is 11.6 Å². The van der Waals surface area contributed by atoms with E-state index >= 15 is 0 Å². The highest BCUT2D eigenvalue weighted by Crippen LogP contribution is 2.25. The number of carbonyl (C=O) groups excluding carboxylic acids is 1.